The Morgan fingerprint density at radius 2 is 1.71 bits per heavy atom. The van der Waals surface area contributed by atoms with Crippen molar-refractivity contribution in [3.05, 3.63) is 29.3 Å². The van der Waals surface area contributed by atoms with Gasteiger partial charge in [-0.3, -0.25) is 14.9 Å². The van der Waals surface area contributed by atoms with Gasteiger partial charge in [-0.15, -0.1) is 0 Å². The van der Waals surface area contributed by atoms with Gasteiger partial charge in [0.2, 0.25) is 5.91 Å². The van der Waals surface area contributed by atoms with Gasteiger partial charge in [-0.2, -0.15) is 0 Å². The summed E-state index contributed by atoms with van der Waals surface area (Å²) in [6.45, 7) is 7.36. The maximum absolute atomic E-state index is 12.8. The lowest BCUT2D eigenvalue weighted by molar-refractivity contribution is -0.143. The van der Waals surface area contributed by atoms with E-state index in [1.54, 1.807) is 26.0 Å². The Bertz CT molecular complexity index is 618. The van der Waals surface area contributed by atoms with Crippen molar-refractivity contribution in [1.82, 2.24) is 5.32 Å². The van der Waals surface area contributed by atoms with Crippen LogP contribution in [0, 0.1) is 19.3 Å². The number of carbonyl (C=O) groups excluding carboxylic acids is 3. The first kappa shape index (κ1) is 15.2. The second-order valence-electron chi connectivity index (χ2n) is 5.41. The highest BCUT2D eigenvalue weighted by Crippen LogP contribution is 2.36. The Balaban J connectivity index is 2.58. The van der Waals surface area contributed by atoms with Gasteiger partial charge in [0, 0.05) is 0 Å². The van der Waals surface area contributed by atoms with E-state index in [1.807, 2.05) is 19.9 Å². The smallest absolute Gasteiger partial charge is 0.276 e. The molecule has 5 heteroatoms. The van der Waals surface area contributed by atoms with Gasteiger partial charge in [0.25, 0.3) is 5.91 Å². The Hall–Kier alpha value is -2.17. The minimum absolute atomic E-state index is 0.364. The summed E-state index contributed by atoms with van der Waals surface area (Å²) < 4.78 is 0. The average Bonchev–Trinajstić information content (AvgIpc) is 2.44. The van der Waals surface area contributed by atoms with Crippen molar-refractivity contribution >= 4 is 23.5 Å². The highest BCUT2D eigenvalue weighted by Gasteiger charge is 2.52. The number of anilines is 1. The third kappa shape index (κ3) is 2.13. The van der Waals surface area contributed by atoms with Gasteiger partial charge < -0.3 is 0 Å². The van der Waals surface area contributed by atoms with E-state index in [0.717, 1.165) is 16.0 Å². The van der Waals surface area contributed by atoms with Crippen molar-refractivity contribution in [3.63, 3.8) is 0 Å². The normalized spacial score (nSPS) is 17.9. The van der Waals surface area contributed by atoms with Crippen LogP contribution in [-0.2, 0) is 9.59 Å². The average molecular weight is 288 g/mol. The molecule has 112 valence electrons. The molecule has 2 rings (SSSR count). The minimum Gasteiger partial charge on any atom is -0.276 e. The van der Waals surface area contributed by atoms with Crippen molar-refractivity contribution in [2.45, 2.75) is 40.5 Å². The number of rotatable bonds is 3. The van der Waals surface area contributed by atoms with Crippen LogP contribution >= 0.6 is 0 Å². The van der Waals surface area contributed by atoms with Crippen LogP contribution in [0.3, 0.4) is 0 Å². The van der Waals surface area contributed by atoms with Gasteiger partial charge >= 0.3 is 6.03 Å². The first-order valence-corrected chi connectivity index (χ1v) is 7.15. The molecule has 0 unspecified atom stereocenters. The van der Waals surface area contributed by atoms with E-state index in [-0.39, 0.29) is 0 Å². The molecule has 4 amide bonds. The lowest BCUT2D eigenvalue weighted by Gasteiger charge is -2.38. The van der Waals surface area contributed by atoms with Gasteiger partial charge in [-0.05, 0) is 43.9 Å². The molecule has 1 aromatic carbocycles. The number of imide groups is 2. The molecular formula is C16H20N2O3. The van der Waals surface area contributed by atoms with Crippen molar-refractivity contribution in [3.8, 4) is 0 Å². The third-order valence-electron chi connectivity index (χ3n) is 4.49. The van der Waals surface area contributed by atoms with E-state index in [2.05, 4.69) is 5.32 Å². The molecule has 0 spiro atoms. The number of benzene rings is 1. The molecule has 1 fully saturated rings. The van der Waals surface area contributed by atoms with Crippen LogP contribution in [0.2, 0.25) is 0 Å². The molecule has 0 aromatic heterocycles. The van der Waals surface area contributed by atoms with Crippen LogP contribution in [0.4, 0.5) is 10.5 Å². The maximum Gasteiger partial charge on any atom is 0.335 e. The topological polar surface area (TPSA) is 66.5 Å². The van der Waals surface area contributed by atoms with E-state index in [0.29, 0.717) is 18.5 Å². The number of nitrogens with zero attached hydrogens (tertiary/aromatic N) is 1. The summed E-state index contributed by atoms with van der Waals surface area (Å²) >= 11 is 0. The molecule has 1 aliphatic rings. The van der Waals surface area contributed by atoms with Crippen LogP contribution in [-0.4, -0.2) is 17.8 Å². The van der Waals surface area contributed by atoms with E-state index >= 15 is 0 Å². The Morgan fingerprint density at radius 1 is 1.10 bits per heavy atom. The van der Waals surface area contributed by atoms with Gasteiger partial charge in [-0.25, -0.2) is 9.69 Å². The molecular weight excluding hydrogens is 268 g/mol. The summed E-state index contributed by atoms with van der Waals surface area (Å²) in [7, 11) is 0. The maximum atomic E-state index is 12.8. The fourth-order valence-corrected chi connectivity index (χ4v) is 2.75. The number of barbiturate groups is 1. The quantitative estimate of drug-likeness (QED) is 0.870. The number of hydrogen-bond acceptors (Lipinski definition) is 3. The zero-order chi connectivity index (χ0) is 15.8. The second-order valence-corrected chi connectivity index (χ2v) is 5.41. The van der Waals surface area contributed by atoms with E-state index in [9.17, 15) is 14.4 Å². The van der Waals surface area contributed by atoms with Crippen molar-refractivity contribution in [2.75, 3.05) is 4.90 Å². The number of urea groups is 1. The monoisotopic (exact) mass is 288 g/mol. The number of amides is 4. The van der Waals surface area contributed by atoms with Gasteiger partial charge in [-0.1, -0.05) is 26.0 Å². The molecule has 0 atom stereocenters. The summed E-state index contributed by atoms with van der Waals surface area (Å²) in [5, 5.41) is 2.32. The fraction of sp³-hybridized carbons (Fsp3) is 0.438. The zero-order valence-electron chi connectivity index (χ0n) is 12.8. The highest BCUT2D eigenvalue weighted by molar-refractivity contribution is 6.30. The molecule has 0 aliphatic carbocycles. The molecule has 1 aliphatic heterocycles. The SMILES string of the molecule is CCC1(CC)C(=O)NC(=O)N(c2cccc(C)c2C)C1=O. The Labute approximate surface area is 124 Å². The highest BCUT2D eigenvalue weighted by atomic mass is 16.2. The van der Waals surface area contributed by atoms with Crippen molar-refractivity contribution in [1.29, 1.82) is 0 Å². The Morgan fingerprint density at radius 3 is 2.29 bits per heavy atom. The zero-order valence-corrected chi connectivity index (χ0v) is 12.8. The summed E-state index contributed by atoms with van der Waals surface area (Å²) in [6, 6.07) is 4.78. The number of aryl methyl sites for hydroxylation is 1. The molecule has 5 nitrogen and oxygen atoms in total. The van der Waals surface area contributed by atoms with Crippen LogP contribution in [0.5, 0.6) is 0 Å². The summed E-state index contributed by atoms with van der Waals surface area (Å²) in [4.78, 5) is 38.3. The molecule has 0 bridgehead atoms. The van der Waals surface area contributed by atoms with E-state index in [4.69, 9.17) is 0 Å². The number of hydrogen-bond donors (Lipinski definition) is 1. The lowest BCUT2D eigenvalue weighted by Crippen LogP contribution is -2.64. The van der Waals surface area contributed by atoms with Gasteiger partial charge in [0.05, 0.1) is 5.69 Å². The summed E-state index contributed by atoms with van der Waals surface area (Å²) in [5.74, 6) is -0.931. The van der Waals surface area contributed by atoms with Crippen LogP contribution in [0.1, 0.15) is 37.8 Å². The van der Waals surface area contributed by atoms with Crippen molar-refractivity contribution < 1.29 is 14.4 Å². The van der Waals surface area contributed by atoms with Crippen LogP contribution < -0.4 is 10.2 Å². The van der Waals surface area contributed by atoms with E-state index in [1.165, 1.54) is 0 Å². The largest absolute Gasteiger partial charge is 0.335 e. The molecule has 0 saturated carbocycles. The molecule has 1 heterocycles. The summed E-state index contributed by atoms with van der Waals surface area (Å²) in [6.07, 6.45) is 0.728. The molecule has 0 radical (unpaired) electrons. The fourth-order valence-electron chi connectivity index (χ4n) is 2.75. The van der Waals surface area contributed by atoms with Gasteiger partial charge in [0.15, 0.2) is 0 Å². The summed E-state index contributed by atoms with van der Waals surface area (Å²) in [5.41, 5.74) is 1.22. The molecule has 21 heavy (non-hydrogen) atoms. The predicted molar refractivity (Wildman–Crippen MR) is 80.0 cm³/mol. The number of nitrogens with one attached hydrogen (secondary N) is 1. The lowest BCUT2D eigenvalue weighted by atomic mass is 9.78. The van der Waals surface area contributed by atoms with Crippen LogP contribution in [0.15, 0.2) is 18.2 Å². The molecule has 1 aromatic rings. The van der Waals surface area contributed by atoms with E-state index < -0.39 is 23.3 Å². The third-order valence-corrected chi connectivity index (χ3v) is 4.49. The van der Waals surface area contributed by atoms with Crippen molar-refractivity contribution in [2.24, 2.45) is 5.41 Å². The molecule has 1 N–H and O–H groups in total. The molecule has 1 saturated heterocycles. The second kappa shape index (κ2) is 5.31. The Kier molecular flexibility index (Phi) is 3.85. The standard InChI is InChI=1S/C16H20N2O3/c1-5-16(6-2)13(19)17-15(21)18(14(16)20)12-9-7-8-10(3)11(12)4/h7-9H,5-6H2,1-4H3,(H,17,19,21). The predicted octanol–water partition coefficient (Wildman–Crippen LogP) is 2.69. The van der Waals surface area contributed by atoms with Gasteiger partial charge in [0.1, 0.15) is 5.41 Å². The van der Waals surface area contributed by atoms with Crippen LogP contribution in [0.25, 0.3) is 0 Å². The first-order valence-electron chi connectivity index (χ1n) is 7.15. The number of carbonyl (C=O) groups is 3. The minimum atomic E-state index is -1.16. The first-order chi connectivity index (χ1) is 9.89.